The van der Waals surface area contributed by atoms with Gasteiger partial charge in [-0.3, -0.25) is 0 Å². The molecule has 0 spiro atoms. The molecule has 0 saturated carbocycles. The third kappa shape index (κ3) is 2.78. The van der Waals surface area contributed by atoms with Crippen LogP contribution in [0.3, 0.4) is 0 Å². The summed E-state index contributed by atoms with van der Waals surface area (Å²) in [7, 11) is 0. The molecule has 0 amide bonds. The molecule has 100 valence electrons. The Morgan fingerprint density at radius 3 is 2.85 bits per heavy atom. The minimum Gasteiger partial charge on any atom is -0.428 e. The summed E-state index contributed by atoms with van der Waals surface area (Å²) in [6.07, 6.45) is 3.30. The molecule has 2 heterocycles. The first-order valence-electron chi connectivity index (χ1n) is 5.99. The molecule has 20 heavy (non-hydrogen) atoms. The monoisotopic (exact) mass is 286 g/mol. The van der Waals surface area contributed by atoms with Crippen LogP contribution >= 0.6 is 11.6 Å². The van der Waals surface area contributed by atoms with E-state index in [2.05, 4.69) is 20.3 Å². The van der Waals surface area contributed by atoms with Gasteiger partial charge in [0.2, 0.25) is 5.95 Å². The molecule has 0 saturated heterocycles. The van der Waals surface area contributed by atoms with Gasteiger partial charge in [0.25, 0.3) is 5.35 Å². The third-order valence-electron chi connectivity index (χ3n) is 2.68. The molecule has 0 aliphatic rings. The lowest BCUT2D eigenvalue weighted by Gasteiger charge is -2.06. The van der Waals surface area contributed by atoms with Gasteiger partial charge in [-0.25, -0.2) is 15.0 Å². The smallest absolute Gasteiger partial charge is 0.292 e. The van der Waals surface area contributed by atoms with Gasteiger partial charge < -0.3 is 9.73 Å². The highest BCUT2D eigenvalue weighted by Gasteiger charge is 2.06. The summed E-state index contributed by atoms with van der Waals surface area (Å²) in [5.41, 5.74) is 2.64. The Bertz CT molecular complexity index is 741. The molecule has 5 nitrogen and oxygen atoms in total. The van der Waals surface area contributed by atoms with Crippen molar-refractivity contribution in [3.8, 4) is 11.3 Å². The highest BCUT2D eigenvalue weighted by atomic mass is 35.5. The Morgan fingerprint density at radius 1 is 1.20 bits per heavy atom. The fourth-order valence-corrected chi connectivity index (χ4v) is 1.91. The highest BCUT2D eigenvalue weighted by molar-refractivity contribution is 6.27. The number of hydrogen-bond acceptors (Lipinski definition) is 5. The molecule has 0 radical (unpaired) electrons. The molecule has 0 unspecified atom stereocenters. The summed E-state index contributed by atoms with van der Waals surface area (Å²) >= 11 is 5.68. The van der Waals surface area contributed by atoms with E-state index in [4.69, 9.17) is 16.0 Å². The number of aryl methyl sites for hydroxylation is 1. The maximum atomic E-state index is 5.68. The zero-order chi connectivity index (χ0) is 13.9. The number of oxazole rings is 1. The number of nitrogens with zero attached hydrogens (tertiary/aromatic N) is 3. The van der Waals surface area contributed by atoms with Crippen LogP contribution in [-0.4, -0.2) is 15.0 Å². The van der Waals surface area contributed by atoms with Gasteiger partial charge in [-0.15, -0.1) is 0 Å². The van der Waals surface area contributed by atoms with Crippen LogP contribution < -0.4 is 5.32 Å². The number of nitrogens with one attached hydrogen (secondary N) is 1. The predicted octanol–water partition coefficient (Wildman–Crippen LogP) is 3.84. The van der Waals surface area contributed by atoms with Crippen molar-refractivity contribution in [2.24, 2.45) is 0 Å². The number of aromatic nitrogens is 3. The van der Waals surface area contributed by atoms with Crippen LogP contribution in [0.15, 0.2) is 47.1 Å². The van der Waals surface area contributed by atoms with E-state index < -0.39 is 0 Å². The first kappa shape index (κ1) is 12.6. The molecule has 0 bridgehead atoms. The molecular formula is C14H11ClN4O. The van der Waals surface area contributed by atoms with E-state index in [1.54, 1.807) is 12.4 Å². The van der Waals surface area contributed by atoms with Gasteiger partial charge in [-0.2, -0.15) is 0 Å². The number of anilines is 2. The van der Waals surface area contributed by atoms with Gasteiger partial charge in [-0.05, 0) is 36.7 Å². The van der Waals surface area contributed by atoms with E-state index in [-0.39, 0.29) is 5.35 Å². The van der Waals surface area contributed by atoms with Crippen LogP contribution in [0.1, 0.15) is 5.69 Å². The molecule has 0 atom stereocenters. The second-order valence-electron chi connectivity index (χ2n) is 4.20. The standard InChI is InChI=1S/C14H11ClN4O/c1-9-5-6-16-14(18-9)19-11-4-2-3-10(7-11)12-8-17-13(15)20-12/h2-8H,1H3,(H,16,18,19). The van der Waals surface area contributed by atoms with Crippen molar-refractivity contribution in [3.63, 3.8) is 0 Å². The van der Waals surface area contributed by atoms with Gasteiger partial charge in [0.1, 0.15) is 0 Å². The van der Waals surface area contributed by atoms with Crippen LogP contribution in [0, 0.1) is 6.92 Å². The second-order valence-corrected chi connectivity index (χ2v) is 4.53. The van der Waals surface area contributed by atoms with Crippen molar-refractivity contribution in [3.05, 3.63) is 53.8 Å². The van der Waals surface area contributed by atoms with Crippen molar-refractivity contribution in [2.75, 3.05) is 5.32 Å². The normalized spacial score (nSPS) is 10.5. The quantitative estimate of drug-likeness (QED) is 0.792. The summed E-state index contributed by atoms with van der Waals surface area (Å²) < 4.78 is 5.29. The fourth-order valence-electron chi connectivity index (χ4n) is 1.77. The van der Waals surface area contributed by atoms with Crippen LogP contribution in [0.25, 0.3) is 11.3 Å². The predicted molar refractivity (Wildman–Crippen MR) is 77.0 cm³/mol. The van der Waals surface area contributed by atoms with Gasteiger partial charge in [-0.1, -0.05) is 12.1 Å². The first-order chi connectivity index (χ1) is 9.70. The number of halogens is 1. The lowest BCUT2D eigenvalue weighted by molar-refractivity contribution is 0.574. The highest BCUT2D eigenvalue weighted by Crippen LogP contribution is 2.25. The number of rotatable bonds is 3. The molecule has 0 aliphatic carbocycles. The minimum atomic E-state index is 0.125. The lowest BCUT2D eigenvalue weighted by Crippen LogP contribution is -1.97. The Morgan fingerprint density at radius 2 is 2.10 bits per heavy atom. The summed E-state index contributed by atoms with van der Waals surface area (Å²) in [5.74, 6) is 1.17. The Labute approximate surface area is 120 Å². The van der Waals surface area contributed by atoms with Gasteiger partial charge in [0, 0.05) is 23.1 Å². The van der Waals surface area contributed by atoms with E-state index in [0.29, 0.717) is 11.7 Å². The zero-order valence-corrected chi connectivity index (χ0v) is 11.4. The van der Waals surface area contributed by atoms with Crippen LogP contribution in [0.4, 0.5) is 11.6 Å². The van der Waals surface area contributed by atoms with Crippen LogP contribution in [0.2, 0.25) is 5.35 Å². The molecule has 0 fully saturated rings. The molecule has 0 aliphatic heterocycles. The van der Waals surface area contributed by atoms with Crippen molar-refractivity contribution in [1.82, 2.24) is 15.0 Å². The van der Waals surface area contributed by atoms with E-state index in [1.807, 2.05) is 37.3 Å². The summed E-state index contributed by atoms with van der Waals surface area (Å²) in [5, 5.41) is 3.27. The average Bonchev–Trinajstić information content (AvgIpc) is 2.86. The fraction of sp³-hybridized carbons (Fsp3) is 0.0714. The van der Waals surface area contributed by atoms with E-state index in [1.165, 1.54) is 0 Å². The maximum Gasteiger partial charge on any atom is 0.292 e. The lowest BCUT2D eigenvalue weighted by atomic mass is 10.1. The zero-order valence-electron chi connectivity index (χ0n) is 10.7. The second kappa shape index (κ2) is 5.30. The largest absolute Gasteiger partial charge is 0.428 e. The third-order valence-corrected chi connectivity index (χ3v) is 2.85. The Balaban J connectivity index is 1.88. The average molecular weight is 287 g/mol. The molecule has 2 aromatic heterocycles. The van der Waals surface area contributed by atoms with Gasteiger partial charge in [0.05, 0.1) is 6.20 Å². The number of hydrogen-bond donors (Lipinski definition) is 1. The Kier molecular flexibility index (Phi) is 3.35. The molecule has 6 heteroatoms. The van der Waals surface area contributed by atoms with Gasteiger partial charge in [0.15, 0.2) is 5.76 Å². The summed E-state index contributed by atoms with van der Waals surface area (Å²) in [4.78, 5) is 12.3. The van der Waals surface area contributed by atoms with Crippen LogP contribution in [0.5, 0.6) is 0 Å². The topological polar surface area (TPSA) is 63.8 Å². The van der Waals surface area contributed by atoms with Crippen molar-refractivity contribution in [2.45, 2.75) is 6.92 Å². The number of benzene rings is 1. The summed E-state index contributed by atoms with van der Waals surface area (Å²) in [6, 6.07) is 9.51. The molecule has 1 aromatic carbocycles. The van der Waals surface area contributed by atoms with Crippen molar-refractivity contribution in [1.29, 1.82) is 0 Å². The molecule has 1 N–H and O–H groups in total. The van der Waals surface area contributed by atoms with Gasteiger partial charge >= 0.3 is 0 Å². The molecular weight excluding hydrogens is 276 g/mol. The Hall–Kier alpha value is -2.40. The molecule has 3 aromatic rings. The van der Waals surface area contributed by atoms with Crippen molar-refractivity contribution < 1.29 is 4.42 Å². The van der Waals surface area contributed by atoms with E-state index in [9.17, 15) is 0 Å². The minimum absolute atomic E-state index is 0.125. The van der Waals surface area contributed by atoms with Crippen molar-refractivity contribution >= 4 is 23.2 Å². The van der Waals surface area contributed by atoms with E-state index >= 15 is 0 Å². The maximum absolute atomic E-state index is 5.68. The first-order valence-corrected chi connectivity index (χ1v) is 6.37. The summed E-state index contributed by atoms with van der Waals surface area (Å²) in [6.45, 7) is 1.92. The van der Waals surface area contributed by atoms with Crippen LogP contribution in [-0.2, 0) is 0 Å². The SMILES string of the molecule is Cc1ccnc(Nc2cccc(-c3cnc(Cl)o3)c2)n1. The van der Waals surface area contributed by atoms with E-state index in [0.717, 1.165) is 16.9 Å². The molecule has 3 rings (SSSR count).